The third-order valence-corrected chi connectivity index (χ3v) is 6.38. The molecule has 8 nitrogen and oxygen atoms in total. The van der Waals surface area contributed by atoms with E-state index in [1.165, 1.54) is 19.9 Å². The first kappa shape index (κ1) is 21.5. The zero-order chi connectivity index (χ0) is 23.6. The maximum Gasteiger partial charge on any atom is 0.416 e. The molecular formula is C22H21F3N4O4. The lowest BCUT2D eigenvalue weighted by Gasteiger charge is -2.54. The van der Waals surface area contributed by atoms with Gasteiger partial charge in [-0.05, 0) is 29.8 Å². The summed E-state index contributed by atoms with van der Waals surface area (Å²) in [6.45, 7) is 3.86. The van der Waals surface area contributed by atoms with Gasteiger partial charge >= 0.3 is 18.1 Å². The Morgan fingerprint density at radius 1 is 1.06 bits per heavy atom. The predicted octanol–water partition coefficient (Wildman–Crippen LogP) is 2.57. The van der Waals surface area contributed by atoms with Crippen LogP contribution in [-0.4, -0.2) is 53.4 Å². The number of ether oxygens (including phenoxy) is 2. The first-order chi connectivity index (χ1) is 15.5. The summed E-state index contributed by atoms with van der Waals surface area (Å²) in [5.41, 5.74) is -1.86. The number of alkyl halides is 3. The van der Waals surface area contributed by atoms with Crippen LogP contribution in [0.1, 0.15) is 25.0 Å². The molecular weight excluding hydrogens is 441 g/mol. The minimum absolute atomic E-state index is 0.190. The maximum atomic E-state index is 13.4. The van der Waals surface area contributed by atoms with Gasteiger partial charge in [-0.15, -0.1) is 0 Å². The van der Waals surface area contributed by atoms with E-state index in [2.05, 4.69) is 9.97 Å². The van der Waals surface area contributed by atoms with E-state index in [0.29, 0.717) is 24.7 Å². The van der Waals surface area contributed by atoms with Gasteiger partial charge in [-0.1, -0.05) is 0 Å². The van der Waals surface area contributed by atoms with Crippen LogP contribution in [0.4, 0.5) is 24.8 Å². The average Bonchev–Trinajstić information content (AvgIpc) is 2.76. The van der Waals surface area contributed by atoms with Crippen LogP contribution < -0.4 is 9.80 Å². The number of piperazine rings is 1. The number of aromatic nitrogens is 2. The smallest absolute Gasteiger partial charge is 0.416 e. The molecule has 0 saturated carbocycles. The number of esters is 2. The highest BCUT2D eigenvalue weighted by Crippen LogP contribution is 2.49. The van der Waals surface area contributed by atoms with Crippen LogP contribution >= 0.6 is 0 Å². The third-order valence-electron chi connectivity index (χ3n) is 6.38. The molecule has 4 heterocycles. The second kappa shape index (κ2) is 7.06. The second-order valence-corrected chi connectivity index (χ2v) is 8.87. The average molecular weight is 462 g/mol. The van der Waals surface area contributed by atoms with Crippen LogP contribution in [0.5, 0.6) is 0 Å². The lowest BCUT2D eigenvalue weighted by atomic mass is 9.69. The summed E-state index contributed by atoms with van der Waals surface area (Å²) in [7, 11) is 0. The van der Waals surface area contributed by atoms with Crippen molar-refractivity contribution in [3.8, 4) is 0 Å². The molecule has 0 aliphatic carbocycles. The molecule has 3 aliphatic rings. The normalized spacial score (nSPS) is 23.5. The van der Waals surface area contributed by atoms with Gasteiger partial charge in [0.05, 0.1) is 11.6 Å². The zero-order valence-electron chi connectivity index (χ0n) is 17.9. The van der Waals surface area contributed by atoms with E-state index >= 15 is 0 Å². The molecule has 0 amide bonds. The van der Waals surface area contributed by atoms with Gasteiger partial charge in [0.25, 0.3) is 5.79 Å². The predicted molar refractivity (Wildman–Crippen MR) is 109 cm³/mol. The Hall–Kier alpha value is -3.37. The minimum atomic E-state index is -4.56. The van der Waals surface area contributed by atoms with Gasteiger partial charge in [-0.2, -0.15) is 13.2 Å². The van der Waals surface area contributed by atoms with Crippen molar-refractivity contribution in [3.05, 3.63) is 47.8 Å². The molecule has 0 radical (unpaired) electrons. The van der Waals surface area contributed by atoms with Gasteiger partial charge in [-0.3, -0.25) is 9.59 Å². The second-order valence-electron chi connectivity index (χ2n) is 8.87. The molecule has 1 spiro atoms. The van der Waals surface area contributed by atoms with Gasteiger partial charge in [0.15, 0.2) is 5.41 Å². The molecule has 1 atom stereocenters. The van der Waals surface area contributed by atoms with Crippen LogP contribution in [0.3, 0.4) is 0 Å². The molecule has 5 rings (SSSR count). The van der Waals surface area contributed by atoms with Gasteiger partial charge in [-0.25, -0.2) is 9.97 Å². The van der Waals surface area contributed by atoms with E-state index in [-0.39, 0.29) is 18.5 Å². The van der Waals surface area contributed by atoms with E-state index < -0.39 is 40.9 Å². The van der Waals surface area contributed by atoms with E-state index in [9.17, 15) is 22.8 Å². The van der Waals surface area contributed by atoms with Gasteiger partial charge in [0.2, 0.25) is 5.95 Å². The van der Waals surface area contributed by atoms with Crippen molar-refractivity contribution < 1.29 is 32.2 Å². The molecule has 2 fully saturated rings. The summed E-state index contributed by atoms with van der Waals surface area (Å²) in [5, 5.41) is 0. The van der Waals surface area contributed by atoms with Crippen LogP contribution in [0.25, 0.3) is 0 Å². The van der Waals surface area contributed by atoms with Crippen molar-refractivity contribution in [1.82, 2.24) is 9.97 Å². The minimum Gasteiger partial charge on any atom is -0.422 e. The number of carbonyl (C=O) groups excluding carboxylic acids is 2. The molecule has 0 bridgehead atoms. The Balaban J connectivity index is 1.62. The Morgan fingerprint density at radius 2 is 1.73 bits per heavy atom. The number of fused-ring (bicyclic) bond motifs is 4. The monoisotopic (exact) mass is 462 g/mol. The van der Waals surface area contributed by atoms with Crippen molar-refractivity contribution in [2.75, 3.05) is 29.4 Å². The number of cyclic esters (lactones) is 2. The molecule has 0 N–H and O–H groups in total. The first-order valence-electron chi connectivity index (χ1n) is 10.5. The summed E-state index contributed by atoms with van der Waals surface area (Å²) in [6.07, 6.45) is -1.64. The van der Waals surface area contributed by atoms with Crippen LogP contribution in [0, 0.1) is 5.41 Å². The summed E-state index contributed by atoms with van der Waals surface area (Å²) in [4.78, 5) is 38.9. The van der Waals surface area contributed by atoms with Crippen molar-refractivity contribution >= 4 is 23.6 Å². The van der Waals surface area contributed by atoms with Crippen molar-refractivity contribution in [2.45, 2.75) is 38.3 Å². The number of nitrogens with zero attached hydrogens (tertiary/aromatic N) is 4. The first-order valence-corrected chi connectivity index (χ1v) is 10.5. The zero-order valence-corrected chi connectivity index (χ0v) is 17.9. The Kier molecular flexibility index (Phi) is 4.60. The molecule has 33 heavy (non-hydrogen) atoms. The van der Waals surface area contributed by atoms with Crippen molar-refractivity contribution in [3.63, 3.8) is 0 Å². The van der Waals surface area contributed by atoms with Crippen molar-refractivity contribution in [2.24, 2.45) is 5.41 Å². The van der Waals surface area contributed by atoms with E-state index in [4.69, 9.17) is 9.47 Å². The van der Waals surface area contributed by atoms with Crippen molar-refractivity contribution in [1.29, 1.82) is 0 Å². The standard InChI is InChI=1S/C22H21F3N4O4/c1-20(2)32-17(30)21(18(31)33-20)11-13-10-14(22(23,24)25)4-5-15(13)29-9-8-28(12-16(21)29)19-26-6-3-7-27-19/h3-7,10,16H,8-9,11-12H2,1-2H3. The molecule has 2 saturated heterocycles. The van der Waals surface area contributed by atoms with E-state index in [0.717, 1.165) is 12.1 Å². The van der Waals surface area contributed by atoms with E-state index in [1.54, 1.807) is 23.4 Å². The van der Waals surface area contributed by atoms with Crippen LogP contribution in [0.15, 0.2) is 36.7 Å². The number of rotatable bonds is 1. The van der Waals surface area contributed by atoms with Gasteiger partial charge in [0, 0.05) is 58.0 Å². The highest BCUT2D eigenvalue weighted by atomic mass is 19.4. The van der Waals surface area contributed by atoms with Crippen LogP contribution in [0.2, 0.25) is 0 Å². The number of carbonyl (C=O) groups is 2. The highest BCUT2D eigenvalue weighted by Gasteiger charge is 2.65. The lowest BCUT2D eigenvalue weighted by Crippen LogP contribution is -2.71. The number of benzene rings is 1. The van der Waals surface area contributed by atoms with Crippen LogP contribution in [-0.2, 0) is 31.7 Å². The molecule has 3 aliphatic heterocycles. The fraction of sp³-hybridized carbons (Fsp3) is 0.455. The number of halogens is 3. The van der Waals surface area contributed by atoms with E-state index in [1.807, 2.05) is 4.90 Å². The summed E-state index contributed by atoms with van der Waals surface area (Å²) in [5.74, 6) is -2.64. The fourth-order valence-corrected chi connectivity index (χ4v) is 4.88. The largest absolute Gasteiger partial charge is 0.422 e. The maximum absolute atomic E-state index is 13.4. The Labute approximate surface area is 187 Å². The molecule has 11 heteroatoms. The number of hydrogen-bond donors (Lipinski definition) is 0. The molecule has 2 aromatic rings. The molecule has 1 aromatic heterocycles. The SMILES string of the molecule is CC1(C)OC(=O)C2(Cc3cc(C(F)(F)F)ccc3N3CCN(c4ncccn4)CC32)C(=O)O1. The Morgan fingerprint density at radius 3 is 2.36 bits per heavy atom. The van der Waals surface area contributed by atoms with Gasteiger partial charge < -0.3 is 19.3 Å². The topological polar surface area (TPSA) is 84.9 Å². The lowest BCUT2D eigenvalue weighted by molar-refractivity contribution is -0.253. The quantitative estimate of drug-likeness (QED) is 0.472. The Bertz CT molecular complexity index is 1100. The summed E-state index contributed by atoms with van der Waals surface area (Å²) >= 11 is 0. The number of anilines is 2. The molecule has 1 unspecified atom stereocenters. The summed E-state index contributed by atoms with van der Waals surface area (Å²) in [6, 6.07) is 4.35. The summed E-state index contributed by atoms with van der Waals surface area (Å²) < 4.78 is 51.1. The molecule has 174 valence electrons. The number of hydrogen-bond acceptors (Lipinski definition) is 8. The van der Waals surface area contributed by atoms with Gasteiger partial charge in [0.1, 0.15) is 0 Å². The highest BCUT2D eigenvalue weighted by molar-refractivity contribution is 6.04. The fourth-order valence-electron chi connectivity index (χ4n) is 4.88. The molecule has 1 aromatic carbocycles. The third kappa shape index (κ3) is 3.37.